The van der Waals surface area contributed by atoms with Crippen molar-refractivity contribution in [1.82, 2.24) is 9.78 Å². The lowest BCUT2D eigenvalue weighted by Gasteiger charge is -2.09. The number of aromatic nitrogens is 2. The van der Waals surface area contributed by atoms with Crippen molar-refractivity contribution in [2.45, 2.75) is 11.8 Å². The van der Waals surface area contributed by atoms with E-state index in [0.717, 1.165) is 5.56 Å². The maximum Gasteiger partial charge on any atom is 0.238 e. The number of nitrogens with zero attached hydrogens (tertiary/aromatic N) is 2. The van der Waals surface area contributed by atoms with Gasteiger partial charge < -0.3 is 4.74 Å². The number of ketones is 1. The van der Waals surface area contributed by atoms with Crippen LogP contribution in [0.3, 0.4) is 0 Å². The van der Waals surface area contributed by atoms with Crippen LogP contribution in [-0.4, -0.2) is 31.1 Å². The molecule has 0 bridgehead atoms. The molecule has 1 aromatic heterocycles. The molecule has 0 saturated carbocycles. The molecule has 1 heterocycles. The van der Waals surface area contributed by atoms with Crippen LogP contribution in [0.2, 0.25) is 0 Å². The molecule has 3 rings (SSSR count). The van der Waals surface area contributed by atoms with Gasteiger partial charge in [-0.3, -0.25) is 4.79 Å². The maximum atomic E-state index is 11.8. The number of carbonyl (C=O) groups excluding carboxylic acids is 1. The van der Waals surface area contributed by atoms with Crippen molar-refractivity contribution in [3.63, 3.8) is 0 Å². The van der Waals surface area contributed by atoms with Gasteiger partial charge in [0.15, 0.2) is 5.78 Å². The summed E-state index contributed by atoms with van der Waals surface area (Å²) in [7, 11) is -2.19. The van der Waals surface area contributed by atoms with E-state index in [0.29, 0.717) is 22.8 Å². The molecule has 2 aromatic carbocycles. The molecule has 0 aliphatic heterocycles. The minimum Gasteiger partial charge on any atom is -0.497 e. The molecular weight excluding hydrogens is 354 g/mol. The topological polar surface area (TPSA) is 104 Å². The minimum absolute atomic E-state index is 0.00574. The van der Waals surface area contributed by atoms with Crippen LogP contribution in [0.5, 0.6) is 5.75 Å². The van der Waals surface area contributed by atoms with Crippen LogP contribution < -0.4 is 9.88 Å². The number of nitrogens with two attached hydrogens (primary N) is 1. The second kappa shape index (κ2) is 6.74. The summed E-state index contributed by atoms with van der Waals surface area (Å²) >= 11 is 0. The normalized spacial score (nSPS) is 11.3. The van der Waals surface area contributed by atoms with E-state index < -0.39 is 10.0 Å². The lowest BCUT2D eigenvalue weighted by molar-refractivity contribution is 0.101. The quantitative estimate of drug-likeness (QED) is 0.694. The van der Waals surface area contributed by atoms with Crippen LogP contribution in [0.4, 0.5) is 0 Å². The molecule has 0 atom stereocenters. The monoisotopic (exact) mass is 371 g/mol. The number of hydrogen-bond acceptors (Lipinski definition) is 5. The summed E-state index contributed by atoms with van der Waals surface area (Å²) in [4.78, 5) is 11.8. The lowest BCUT2D eigenvalue weighted by atomic mass is 10.1. The van der Waals surface area contributed by atoms with Crippen molar-refractivity contribution in [2.75, 3.05) is 7.11 Å². The van der Waals surface area contributed by atoms with E-state index in [1.54, 1.807) is 30.0 Å². The van der Waals surface area contributed by atoms with E-state index in [4.69, 9.17) is 9.88 Å². The number of rotatable bonds is 5. The molecule has 0 amide bonds. The Morgan fingerprint density at radius 3 is 2.19 bits per heavy atom. The molecular formula is C18H17N3O4S. The van der Waals surface area contributed by atoms with Crippen molar-refractivity contribution in [1.29, 1.82) is 0 Å². The summed E-state index contributed by atoms with van der Waals surface area (Å²) in [5.74, 6) is 0.545. The highest BCUT2D eigenvalue weighted by Gasteiger charge is 2.15. The fraction of sp³-hybridized carbons (Fsp3) is 0.111. The van der Waals surface area contributed by atoms with Crippen LogP contribution in [0.25, 0.3) is 16.9 Å². The van der Waals surface area contributed by atoms with Gasteiger partial charge >= 0.3 is 0 Å². The highest BCUT2D eigenvalue weighted by Crippen LogP contribution is 2.26. The van der Waals surface area contributed by atoms with E-state index in [1.807, 2.05) is 24.3 Å². The lowest BCUT2D eigenvalue weighted by Crippen LogP contribution is -2.12. The first-order valence-electron chi connectivity index (χ1n) is 7.68. The molecule has 8 heteroatoms. The smallest absolute Gasteiger partial charge is 0.238 e. The van der Waals surface area contributed by atoms with Gasteiger partial charge in [0.1, 0.15) is 11.4 Å². The number of ether oxygens (including phenoxy) is 1. The second-order valence-corrected chi connectivity index (χ2v) is 7.21. The Kier molecular flexibility index (Phi) is 4.62. The van der Waals surface area contributed by atoms with Gasteiger partial charge in [-0.1, -0.05) is 0 Å². The van der Waals surface area contributed by atoms with Crippen molar-refractivity contribution >= 4 is 15.8 Å². The number of hydrogen-bond donors (Lipinski definition) is 1. The predicted molar refractivity (Wildman–Crippen MR) is 96.9 cm³/mol. The number of benzene rings is 2. The summed E-state index contributed by atoms with van der Waals surface area (Å²) in [5, 5.41) is 9.48. The van der Waals surface area contributed by atoms with Crippen molar-refractivity contribution in [3.05, 3.63) is 60.3 Å². The zero-order valence-electron chi connectivity index (χ0n) is 14.2. The third-order valence-electron chi connectivity index (χ3n) is 3.87. The van der Waals surface area contributed by atoms with Gasteiger partial charge in [-0.15, -0.1) is 0 Å². The van der Waals surface area contributed by atoms with Crippen LogP contribution in [0, 0.1) is 0 Å². The average molecular weight is 371 g/mol. The zero-order valence-corrected chi connectivity index (χ0v) is 15.0. The van der Waals surface area contributed by atoms with Crippen LogP contribution in [0.1, 0.15) is 17.4 Å². The first-order valence-corrected chi connectivity index (χ1v) is 9.23. The third-order valence-corrected chi connectivity index (χ3v) is 4.79. The Hall–Kier alpha value is -2.97. The summed E-state index contributed by atoms with van der Waals surface area (Å²) < 4.78 is 29.6. The molecule has 7 nitrogen and oxygen atoms in total. The SMILES string of the molecule is COc1ccc(-c2cc(C(C)=O)nn2-c2ccc(S(N)(=O)=O)cc2)cc1. The highest BCUT2D eigenvalue weighted by atomic mass is 32.2. The molecule has 0 saturated heterocycles. The number of Topliss-reactive ketones (excluding diaryl/α,β-unsaturated/α-hetero) is 1. The van der Waals surface area contributed by atoms with Crippen LogP contribution in [0.15, 0.2) is 59.5 Å². The van der Waals surface area contributed by atoms with Gasteiger partial charge in [-0.05, 0) is 54.6 Å². The van der Waals surface area contributed by atoms with E-state index in [2.05, 4.69) is 5.10 Å². The van der Waals surface area contributed by atoms with Gasteiger partial charge in [-0.25, -0.2) is 18.2 Å². The Bertz CT molecular complexity index is 1050. The predicted octanol–water partition coefficient (Wildman–Crippen LogP) is 2.40. The molecule has 0 radical (unpaired) electrons. The Morgan fingerprint density at radius 2 is 1.69 bits per heavy atom. The van der Waals surface area contributed by atoms with E-state index in [1.165, 1.54) is 19.1 Å². The van der Waals surface area contributed by atoms with Gasteiger partial charge in [0.2, 0.25) is 10.0 Å². The first kappa shape index (κ1) is 17.8. The van der Waals surface area contributed by atoms with Crippen molar-refractivity contribution in [3.8, 4) is 22.7 Å². The van der Waals surface area contributed by atoms with Crippen LogP contribution in [-0.2, 0) is 10.0 Å². The van der Waals surface area contributed by atoms with Gasteiger partial charge in [0.05, 0.1) is 23.4 Å². The van der Waals surface area contributed by atoms with Gasteiger partial charge in [-0.2, -0.15) is 5.10 Å². The summed E-state index contributed by atoms with van der Waals surface area (Å²) in [6, 6.07) is 15.0. The number of sulfonamides is 1. The standard InChI is InChI=1S/C18H17N3O4S/c1-12(22)17-11-18(13-3-7-15(25-2)8-4-13)21(20-17)14-5-9-16(10-6-14)26(19,23)24/h3-11H,1-2H3,(H2,19,23,24). The fourth-order valence-corrected chi connectivity index (χ4v) is 3.01. The number of carbonyl (C=O) groups is 1. The number of primary sulfonamides is 1. The largest absolute Gasteiger partial charge is 0.497 e. The highest BCUT2D eigenvalue weighted by molar-refractivity contribution is 7.89. The van der Waals surface area contributed by atoms with Crippen LogP contribution >= 0.6 is 0 Å². The molecule has 0 aliphatic rings. The molecule has 26 heavy (non-hydrogen) atoms. The third kappa shape index (κ3) is 3.51. The summed E-state index contributed by atoms with van der Waals surface area (Å²) in [6.07, 6.45) is 0. The molecule has 0 spiro atoms. The molecule has 0 aliphatic carbocycles. The van der Waals surface area contributed by atoms with Crippen molar-refractivity contribution in [2.24, 2.45) is 5.14 Å². The van der Waals surface area contributed by atoms with Gasteiger partial charge in [0.25, 0.3) is 0 Å². The summed E-state index contributed by atoms with van der Waals surface area (Å²) in [5.41, 5.74) is 2.45. The van der Waals surface area contributed by atoms with E-state index >= 15 is 0 Å². The van der Waals surface area contributed by atoms with Crippen molar-refractivity contribution < 1.29 is 17.9 Å². The minimum atomic E-state index is -3.78. The molecule has 0 unspecified atom stereocenters. The average Bonchev–Trinajstić information content (AvgIpc) is 3.07. The van der Waals surface area contributed by atoms with Gasteiger partial charge in [0, 0.05) is 12.5 Å². The maximum absolute atomic E-state index is 11.8. The first-order chi connectivity index (χ1) is 12.3. The zero-order chi connectivity index (χ0) is 18.9. The Morgan fingerprint density at radius 1 is 1.08 bits per heavy atom. The van der Waals surface area contributed by atoms with E-state index in [9.17, 15) is 13.2 Å². The molecule has 2 N–H and O–H groups in total. The number of methoxy groups -OCH3 is 1. The fourth-order valence-electron chi connectivity index (χ4n) is 2.49. The Balaban J connectivity index is 2.12. The summed E-state index contributed by atoms with van der Waals surface area (Å²) in [6.45, 7) is 1.44. The molecule has 134 valence electrons. The molecule has 3 aromatic rings. The Labute approximate surface area is 151 Å². The van der Waals surface area contributed by atoms with E-state index in [-0.39, 0.29) is 10.7 Å². The second-order valence-electron chi connectivity index (χ2n) is 5.65. The molecule has 0 fully saturated rings.